The van der Waals surface area contributed by atoms with Crippen molar-refractivity contribution in [3.8, 4) is 0 Å². The Morgan fingerprint density at radius 2 is 1.81 bits per heavy atom. The van der Waals surface area contributed by atoms with E-state index in [0.29, 0.717) is 24.6 Å². The molecule has 21 heavy (non-hydrogen) atoms. The maximum atomic E-state index is 6.05. The minimum absolute atomic E-state index is 0.343. The van der Waals surface area contributed by atoms with Crippen LogP contribution in [0, 0.1) is 5.92 Å². The molecule has 1 aliphatic heterocycles. The Balaban J connectivity index is 2.00. The topological polar surface area (TPSA) is 38.5 Å². The van der Waals surface area contributed by atoms with E-state index in [1.54, 1.807) is 0 Å². The Hall–Kier alpha value is -0.900. The molecule has 118 valence electrons. The molecule has 3 nitrogen and oxygen atoms in total. The van der Waals surface area contributed by atoms with Crippen LogP contribution in [0.15, 0.2) is 24.3 Å². The molecule has 1 aromatic rings. The van der Waals surface area contributed by atoms with Crippen LogP contribution < -0.4 is 5.73 Å². The van der Waals surface area contributed by atoms with Crippen molar-refractivity contribution in [1.29, 1.82) is 0 Å². The van der Waals surface area contributed by atoms with Crippen LogP contribution in [0.5, 0.6) is 0 Å². The van der Waals surface area contributed by atoms with E-state index >= 15 is 0 Å². The van der Waals surface area contributed by atoms with Gasteiger partial charge in [-0.1, -0.05) is 38.1 Å². The van der Waals surface area contributed by atoms with Crippen molar-refractivity contribution in [3.05, 3.63) is 35.4 Å². The molecule has 1 saturated heterocycles. The lowest BCUT2D eigenvalue weighted by Crippen LogP contribution is -2.41. The molecule has 3 heteroatoms. The lowest BCUT2D eigenvalue weighted by molar-refractivity contribution is 0.0280. The van der Waals surface area contributed by atoms with E-state index in [4.69, 9.17) is 10.5 Å². The van der Waals surface area contributed by atoms with Crippen molar-refractivity contribution in [2.75, 3.05) is 26.7 Å². The van der Waals surface area contributed by atoms with Crippen LogP contribution in [0.2, 0.25) is 0 Å². The zero-order chi connectivity index (χ0) is 15.2. The largest absolute Gasteiger partial charge is 0.381 e. The second-order valence-corrected chi connectivity index (χ2v) is 6.56. The first-order valence-corrected chi connectivity index (χ1v) is 8.19. The predicted molar refractivity (Wildman–Crippen MR) is 88.4 cm³/mol. The number of nitrogens with zero attached hydrogens (tertiary/aromatic N) is 1. The van der Waals surface area contributed by atoms with Gasteiger partial charge in [-0.2, -0.15) is 0 Å². The summed E-state index contributed by atoms with van der Waals surface area (Å²) in [7, 11) is 1.81. The number of ether oxygens (including phenoxy) is 1. The Bertz CT molecular complexity index is 408. The van der Waals surface area contributed by atoms with Crippen LogP contribution in [0.1, 0.15) is 43.9 Å². The lowest BCUT2D eigenvalue weighted by atomic mass is 9.97. The average Bonchev–Trinajstić information content (AvgIpc) is 2.50. The van der Waals surface area contributed by atoms with Crippen LogP contribution >= 0.6 is 0 Å². The highest BCUT2D eigenvalue weighted by molar-refractivity contribution is 5.26. The summed E-state index contributed by atoms with van der Waals surface area (Å²) >= 11 is 0. The van der Waals surface area contributed by atoms with Gasteiger partial charge in [0.2, 0.25) is 0 Å². The fourth-order valence-corrected chi connectivity index (χ4v) is 3.27. The molecule has 1 aliphatic rings. The highest BCUT2D eigenvalue weighted by Gasteiger charge is 2.25. The van der Waals surface area contributed by atoms with E-state index in [0.717, 1.165) is 32.4 Å². The van der Waals surface area contributed by atoms with Gasteiger partial charge in [0.1, 0.15) is 0 Å². The second-order valence-electron chi connectivity index (χ2n) is 6.56. The van der Waals surface area contributed by atoms with Crippen molar-refractivity contribution in [2.24, 2.45) is 11.7 Å². The summed E-state index contributed by atoms with van der Waals surface area (Å²) in [5.41, 5.74) is 8.82. The molecule has 1 atom stereocenters. The van der Waals surface area contributed by atoms with Gasteiger partial charge in [-0.05, 0) is 36.3 Å². The molecule has 0 bridgehead atoms. The third kappa shape index (κ3) is 4.53. The number of rotatable bonds is 6. The minimum atomic E-state index is 0.343. The van der Waals surface area contributed by atoms with Crippen molar-refractivity contribution in [3.63, 3.8) is 0 Å². The summed E-state index contributed by atoms with van der Waals surface area (Å²) in [4.78, 5) is 2.51. The Labute approximate surface area is 129 Å². The third-order valence-electron chi connectivity index (χ3n) is 4.48. The first-order chi connectivity index (χ1) is 10.1. The number of piperidine rings is 1. The number of benzene rings is 1. The van der Waals surface area contributed by atoms with E-state index in [1.807, 2.05) is 7.11 Å². The lowest BCUT2D eigenvalue weighted by Gasteiger charge is -2.37. The van der Waals surface area contributed by atoms with Crippen LogP contribution in [-0.4, -0.2) is 37.7 Å². The average molecular weight is 290 g/mol. The van der Waals surface area contributed by atoms with E-state index in [-0.39, 0.29) is 0 Å². The normalized spacial score (nSPS) is 19.1. The molecule has 0 aliphatic carbocycles. The molecule has 0 amide bonds. The number of hydrogen-bond acceptors (Lipinski definition) is 3. The summed E-state index contributed by atoms with van der Waals surface area (Å²) in [6.07, 6.45) is 3.79. The molecular weight excluding hydrogens is 260 g/mol. The van der Waals surface area contributed by atoms with Crippen LogP contribution in [0.25, 0.3) is 0 Å². The summed E-state index contributed by atoms with van der Waals surface area (Å²) in [6.45, 7) is 7.36. The predicted octanol–water partition coefficient (Wildman–Crippen LogP) is 3.00. The first kappa shape index (κ1) is 16.5. The Morgan fingerprint density at radius 3 is 2.29 bits per heavy atom. The number of methoxy groups -OCH3 is 1. The number of hydrogen-bond donors (Lipinski definition) is 1. The van der Waals surface area contributed by atoms with Crippen molar-refractivity contribution < 1.29 is 4.74 Å². The van der Waals surface area contributed by atoms with Gasteiger partial charge in [0.15, 0.2) is 0 Å². The molecule has 1 heterocycles. The van der Waals surface area contributed by atoms with Gasteiger partial charge in [0, 0.05) is 32.8 Å². The van der Waals surface area contributed by atoms with Crippen molar-refractivity contribution >= 4 is 0 Å². The van der Waals surface area contributed by atoms with E-state index in [9.17, 15) is 0 Å². The molecule has 1 fully saturated rings. The van der Waals surface area contributed by atoms with Gasteiger partial charge >= 0.3 is 0 Å². The molecule has 0 aromatic heterocycles. The zero-order valence-electron chi connectivity index (χ0n) is 13.7. The van der Waals surface area contributed by atoms with Gasteiger partial charge in [-0.3, -0.25) is 4.90 Å². The SMILES string of the molecule is COC1CCN(C(CN)c2ccc(CC(C)C)cc2)CC1. The molecule has 2 N–H and O–H groups in total. The monoisotopic (exact) mass is 290 g/mol. The molecular formula is C18H30N2O. The van der Waals surface area contributed by atoms with E-state index in [2.05, 4.69) is 43.0 Å². The Morgan fingerprint density at radius 1 is 1.19 bits per heavy atom. The maximum absolute atomic E-state index is 6.05. The molecule has 1 unspecified atom stereocenters. The zero-order valence-corrected chi connectivity index (χ0v) is 13.7. The molecule has 1 aromatic carbocycles. The van der Waals surface area contributed by atoms with Gasteiger partial charge in [0.05, 0.1) is 6.10 Å². The van der Waals surface area contributed by atoms with Gasteiger partial charge in [-0.15, -0.1) is 0 Å². The summed E-state index contributed by atoms with van der Waals surface area (Å²) in [5, 5.41) is 0. The highest BCUT2D eigenvalue weighted by Crippen LogP contribution is 2.25. The van der Waals surface area contributed by atoms with Gasteiger partial charge < -0.3 is 10.5 Å². The van der Waals surface area contributed by atoms with Crippen LogP contribution in [0.3, 0.4) is 0 Å². The third-order valence-corrected chi connectivity index (χ3v) is 4.48. The number of nitrogens with two attached hydrogens (primary N) is 1. The summed E-state index contributed by atoms with van der Waals surface area (Å²) in [5.74, 6) is 0.703. The fraction of sp³-hybridized carbons (Fsp3) is 0.667. The van der Waals surface area contributed by atoms with Gasteiger partial charge in [0.25, 0.3) is 0 Å². The van der Waals surface area contributed by atoms with Crippen LogP contribution in [0.4, 0.5) is 0 Å². The van der Waals surface area contributed by atoms with Crippen molar-refractivity contribution in [1.82, 2.24) is 4.90 Å². The second kappa shape index (κ2) is 7.92. The minimum Gasteiger partial charge on any atom is -0.381 e. The standard InChI is InChI=1S/C18H30N2O/c1-14(2)12-15-4-6-16(7-5-15)18(13-19)20-10-8-17(21-3)9-11-20/h4-7,14,17-18H,8-13,19H2,1-3H3. The molecule has 2 rings (SSSR count). The smallest absolute Gasteiger partial charge is 0.0595 e. The first-order valence-electron chi connectivity index (χ1n) is 8.19. The van der Waals surface area contributed by atoms with E-state index < -0.39 is 0 Å². The highest BCUT2D eigenvalue weighted by atomic mass is 16.5. The Kier molecular flexibility index (Phi) is 6.22. The van der Waals surface area contributed by atoms with Crippen LogP contribution in [-0.2, 0) is 11.2 Å². The fourth-order valence-electron chi connectivity index (χ4n) is 3.27. The number of likely N-dealkylation sites (tertiary alicyclic amines) is 1. The summed E-state index contributed by atoms with van der Waals surface area (Å²) < 4.78 is 5.45. The molecule has 0 radical (unpaired) electrons. The van der Waals surface area contributed by atoms with Gasteiger partial charge in [-0.25, -0.2) is 0 Å². The quantitative estimate of drug-likeness (QED) is 0.875. The maximum Gasteiger partial charge on any atom is 0.0595 e. The summed E-state index contributed by atoms with van der Waals surface area (Å²) in [6, 6.07) is 9.39. The molecule has 0 saturated carbocycles. The van der Waals surface area contributed by atoms with Crippen molar-refractivity contribution in [2.45, 2.75) is 45.3 Å². The molecule has 0 spiro atoms. The van der Waals surface area contributed by atoms with E-state index in [1.165, 1.54) is 11.1 Å².